The van der Waals surface area contributed by atoms with Gasteiger partial charge in [0.15, 0.2) is 0 Å². The van der Waals surface area contributed by atoms with Gasteiger partial charge in [-0.3, -0.25) is 4.79 Å². The van der Waals surface area contributed by atoms with Crippen molar-refractivity contribution in [3.05, 3.63) is 35.4 Å². The number of unbranched alkanes of at least 4 members (excludes halogenated alkanes) is 2. The summed E-state index contributed by atoms with van der Waals surface area (Å²) in [5.74, 6) is 2.01. The highest BCUT2D eigenvalue weighted by molar-refractivity contribution is 7.98. The van der Waals surface area contributed by atoms with Crippen LogP contribution in [0.3, 0.4) is 0 Å². The number of hydrogen-bond acceptors (Lipinski definition) is 3. The van der Waals surface area contributed by atoms with Gasteiger partial charge in [0.2, 0.25) is 0 Å². The van der Waals surface area contributed by atoms with Gasteiger partial charge in [0.25, 0.3) is 0 Å². The van der Waals surface area contributed by atoms with Crippen molar-refractivity contribution in [3.8, 4) is 0 Å². The second-order valence-electron chi connectivity index (χ2n) is 4.28. The van der Waals surface area contributed by atoms with Crippen molar-refractivity contribution in [2.75, 3.05) is 12.9 Å². The zero-order chi connectivity index (χ0) is 13.2. The predicted molar refractivity (Wildman–Crippen MR) is 77.8 cm³/mol. The highest BCUT2D eigenvalue weighted by atomic mass is 32.2. The van der Waals surface area contributed by atoms with Crippen LogP contribution >= 0.6 is 11.8 Å². The lowest BCUT2D eigenvalue weighted by Crippen LogP contribution is -2.06. The molecule has 0 unspecified atom stereocenters. The maximum atomic E-state index is 11.3. The van der Waals surface area contributed by atoms with Crippen molar-refractivity contribution in [2.45, 2.75) is 38.4 Å². The summed E-state index contributed by atoms with van der Waals surface area (Å²) in [7, 11) is 1.43. The molecule has 0 radical (unpaired) electrons. The van der Waals surface area contributed by atoms with Crippen molar-refractivity contribution in [1.29, 1.82) is 0 Å². The van der Waals surface area contributed by atoms with Crippen LogP contribution in [0.15, 0.2) is 24.3 Å². The standard InChI is InChI=1S/C15H22O2S/c1-3-4-7-10-18-12-14-9-6-5-8-13(14)11-15(16)17-2/h5-6,8-9H,3-4,7,10-12H2,1-2H3. The minimum absolute atomic E-state index is 0.168. The van der Waals surface area contributed by atoms with E-state index < -0.39 is 0 Å². The largest absolute Gasteiger partial charge is 0.469 e. The minimum Gasteiger partial charge on any atom is -0.469 e. The lowest BCUT2D eigenvalue weighted by atomic mass is 10.1. The molecular formula is C15H22O2S. The fourth-order valence-electron chi connectivity index (χ4n) is 1.73. The molecule has 0 bridgehead atoms. The smallest absolute Gasteiger partial charge is 0.309 e. The molecule has 0 amide bonds. The molecule has 0 atom stereocenters. The summed E-state index contributed by atoms with van der Waals surface area (Å²) in [6, 6.07) is 8.12. The van der Waals surface area contributed by atoms with Gasteiger partial charge in [-0.15, -0.1) is 0 Å². The van der Waals surface area contributed by atoms with Gasteiger partial charge >= 0.3 is 5.97 Å². The highest BCUT2D eigenvalue weighted by Crippen LogP contribution is 2.18. The van der Waals surface area contributed by atoms with E-state index in [9.17, 15) is 4.79 Å². The molecule has 0 aliphatic heterocycles. The molecule has 0 aromatic heterocycles. The monoisotopic (exact) mass is 266 g/mol. The topological polar surface area (TPSA) is 26.3 Å². The first kappa shape index (κ1) is 15.1. The molecule has 3 heteroatoms. The van der Waals surface area contributed by atoms with E-state index in [-0.39, 0.29) is 5.97 Å². The van der Waals surface area contributed by atoms with Crippen LogP contribution in [0.25, 0.3) is 0 Å². The maximum Gasteiger partial charge on any atom is 0.309 e. The lowest BCUT2D eigenvalue weighted by molar-refractivity contribution is -0.139. The third-order valence-electron chi connectivity index (χ3n) is 2.83. The molecular weight excluding hydrogens is 244 g/mol. The van der Waals surface area contributed by atoms with Crippen molar-refractivity contribution in [2.24, 2.45) is 0 Å². The average Bonchev–Trinajstić information content (AvgIpc) is 2.40. The normalized spacial score (nSPS) is 10.3. The summed E-state index contributed by atoms with van der Waals surface area (Å²) in [6.45, 7) is 2.22. The third-order valence-corrected chi connectivity index (χ3v) is 3.92. The quantitative estimate of drug-likeness (QED) is 0.528. The summed E-state index contributed by atoms with van der Waals surface area (Å²) in [4.78, 5) is 11.3. The second-order valence-corrected chi connectivity index (χ2v) is 5.39. The van der Waals surface area contributed by atoms with Crippen LogP contribution in [0.4, 0.5) is 0 Å². The number of rotatable bonds is 8. The number of esters is 1. The van der Waals surface area contributed by atoms with Gasteiger partial charge in [-0.2, -0.15) is 11.8 Å². The number of ether oxygens (including phenoxy) is 1. The summed E-state index contributed by atoms with van der Waals surface area (Å²) in [5, 5.41) is 0. The Bertz CT molecular complexity index is 363. The van der Waals surface area contributed by atoms with E-state index in [2.05, 4.69) is 13.0 Å². The predicted octanol–water partition coefficient (Wildman–Crippen LogP) is 3.83. The summed E-state index contributed by atoms with van der Waals surface area (Å²) < 4.78 is 4.72. The first-order valence-corrected chi connectivity index (χ1v) is 7.64. The summed E-state index contributed by atoms with van der Waals surface area (Å²) in [5.41, 5.74) is 2.34. The van der Waals surface area contributed by atoms with Gasteiger partial charge in [0.1, 0.15) is 0 Å². The zero-order valence-electron chi connectivity index (χ0n) is 11.3. The van der Waals surface area contributed by atoms with Gasteiger partial charge in [0, 0.05) is 5.75 Å². The molecule has 0 fully saturated rings. The molecule has 0 saturated carbocycles. The lowest BCUT2D eigenvalue weighted by Gasteiger charge is -2.08. The Morgan fingerprint density at radius 3 is 2.61 bits per heavy atom. The van der Waals surface area contributed by atoms with Crippen LogP contribution in [0.2, 0.25) is 0 Å². The van der Waals surface area contributed by atoms with Gasteiger partial charge in [-0.1, -0.05) is 44.0 Å². The summed E-state index contributed by atoms with van der Waals surface area (Å²) in [6.07, 6.45) is 4.22. The molecule has 0 aliphatic rings. The maximum absolute atomic E-state index is 11.3. The van der Waals surface area contributed by atoms with E-state index >= 15 is 0 Å². The highest BCUT2D eigenvalue weighted by Gasteiger charge is 2.07. The molecule has 0 aliphatic carbocycles. The van der Waals surface area contributed by atoms with E-state index in [4.69, 9.17) is 4.74 Å². The van der Waals surface area contributed by atoms with Gasteiger partial charge in [-0.05, 0) is 23.3 Å². The molecule has 0 saturated heterocycles. The SMILES string of the molecule is CCCCCSCc1ccccc1CC(=O)OC. The second kappa shape index (κ2) is 9.03. The Morgan fingerprint density at radius 1 is 1.22 bits per heavy atom. The number of benzene rings is 1. The van der Waals surface area contributed by atoms with Crippen LogP contribution < -0.4 is 0 Å². The van der Waals surface area contributed by atoms with E-state index in [0.717, 1.165) is 11.3 Å². The van der Waals surface area contributed by atoms with Gasteiger partial charge in [0.05, 0.1) is 13.5 Å². The van der Waals surface area contributed by atoms with Gasteiger partial charge < -0.3 is 4.74 Å². The summed E-state index contributed by atoms with van der Waals surface area (Å²) >= 11 is 1.94. The minimum atomic E-state index is -0.168. The molecule has 1 aromatic rings. The van der Waals surface area contributed by atoms with Crippen LogP contribution in [-0.4, -0.2) is 18.8 Å². The zero-order valence-corrected chi connectivity index (χ0v) is 12.1. The number of carbonyl (C=O) groups is 1. The van der Waals surface area contributed by atoms with Crippen LogP contribution in [0, 0.1) is 0 Å². The molecule has 0 spiro atoms. The first-order chi connectivity index (χ1) is 8.77. The number of carbonyl (C=O) groups excluding carboxylic acids is 1. The Morgan fingerprint density at radius 2 is 1.94 bits per heavy atom. The first-order valence-electron chi connectivity index (χ1n) is 6.49. The Balaban J connectivity index is 2.46. The van der Waals surface area contributed by atoms with E-state index in [1.54, 1.807) is 0 Å². The van der Waals surface area contributed by atoms with Crippen LogP contribution in [-0.2, 0) is 21.7 Å². The molecule has 0 N–H and O–H groups in total. The van der Waals surface area contributed by atoms with Crippen molar-refractivity contribution in [1.82, 2.24) is 0 Å². The fourth-order valence-corrected chi connectivity index (χ4v) is 2.79. The Hall–Kier alpha value is -0.960. The number of thioether (sulfide) groups is 1. The molecule has 2 nitrogen and oxygen atoms in total. The Labute approximate surface area is 114 Å². The number of methoxy groups -OCH3 is 1. The molecule has 1 rings (SSSR count). The molecule has 1 aromatic carbocycles. The molecule has 18 heavy (non-hydrogen) atoms. The third kappa shape index (κ3) is 5.58. The van der Waals surface area contributed by atoms with Crippen molar-refractivity contribution >= 4 is 17.7 Å². The van der Waals surface area contributed by atoms with E-state index in [1.807, 2.05) is 30.0 Å². The van der Waals surface area contributed by atoms with E-state index in [0.29, 0.717) is 6.42 Å². The van der Waals surface area contributed by atoms with Crippen molar-refractivity contribution < 1.29 is 9.53 Å². The van der Waals surface area contributed by atoms with Gasteiger partial charge in [-0.25, -0.2) is 0 Å². The van der Waals surface area contributed by atoms with Crippen molar-refractivity contribution in [3.63, 3.8) is 0 Å². The number of hydrogen-bond donors (Lipinski definition) is 0. The fraction of sp³-hybridized carbons (Fsp3) is 0.533. The molecule has 100 valence electrons. The average molecular weight is 266 g/mol. The van der Waals surface area contributed by atoms with Crippen LogP contribution in [0.1, 0.15) is 37.3 Å². The van der Waals surface area contributed by atoms with E-state index in [1.165, 1.54) is 37.7 Å². The van der Waals surface area contributed by atoms with Crippen LogP contribution in [0.5, 0.6) is 0 Å². The Kier molecular flexibility index (Phi) is 7.58. The molecule has 0 heterocycles.